The molecule has 7 nitrogen and oxygen atoms in total. The van der Waals surface area contributed by atoms with E-state index in [1.165, 1.54) is 11.9 Å². The van der Waals surface area contributed by atoms with Crippen LogP contribution in [0.5, 0.6) is 0 Å². The Hall–Kier alpha value is -1.90. The summed E-state index contributed by atoms with van der Waals surface area (Å²) in [5.74, 6) is 0.325. The summed E-state index contributed by atoms with van der Waals surface area (Å²) in [5, 5.41) is 17.8. The van der Waals surface area contributed by atoms with Crippen molar-refractivity contribution >= 4 is 23.5 Å². The highest BCUT2D eigenvalue weighted by atomic mass is 32.2. The lowest BCUT2D eigenvalue weighted by Crippen LogP contribution is -2.43. The molecule has 0 aliphatic carbocycles. The van der Waals surface area contributed by atoms with E-state index in [0.29, 0.717) is 11.6 Å². The highest BCUT2D eigenvalue weighted by Crippen LogP contribution is 2.15. The molecule has 0 fully saturated rings. The lowest BCUT2D eigenvalue weighted by atomic mass is 10.0. The van der Waals surface area contributed by atoms with E-state index in [0.717, 1.165) is 17.0 Å². The van der Waals surface area contributed by atoms with Crippen LogP contribution in [0.3, 0.4) is 0 Å². The van der Waals surface area contributed by atoms with Crippen molar-refractivity contribution in [2.75, 3.05) is 18.9 Å². The molecule has 1 aromatic carbocycles. The van der Waals surface area contributed by atoms with Crippen molar-refractivity contribution in [3.8, 4) is 0 Å². The summed E-state index contributed by atoms with van der Waals surface area (Å²) in [6.07, 6.45) is 2.36. The molecule has 1 aromatic rings. The van der Waals surface area contributed by atoms with Gasteiger partial charge in [-0.15, -0.1) is 0 Å². The summed E-state index contributed by atoms with van der Waals surface area (Å²) in [5.41, 5.74) is 8.51. The molecule has 6 N–H and O–H groups in total. The highest BCUT2D eigenvalue weighted by molar-refractivity contribution is 7.97. The average Bonchev–Trinajstić information content (AvgIpc) is 2.59. The number of nitrogens with two attached hydrogens (primary N) is 1. The summed E-state index contributed by atoms with van der Waals surface area (Å²) in [4.78, 5) is 13.1. The molecule has 132 valence electrons. The van der Waals surface area contributed by atoms with Gasteiger partial charge < -0.3 is 16.0 Å². The summed E-state index contributed by atoms with van der Waals surface area (Å²) in [6, 6.07) is 7.30. The smallest absolute Gasteiger partial charge is 0.237 e. The van der Waals surface area contributed by atoms with Crippen molar-refractivity contribution in [2.45, 2.75) is 31.2 Å². The topological polar surface area (TPSA) is 115 Å². The largest absolute Gasteiger partial charge is 0.360 e. The van der Waals surface area contributed by atoms with E-state index in [2.05, 4.69) is 34.9 Å². The predicted molar refractivity (Wildman–Crippen MR) is 98.7 cm³/mol. The van der Waals surface area contributed by atoms with Gasteiger partial charge in [-0.3, -0.25) is 9.93 Å². The van der Waals surface area contributed by atoms with Gasteiger partial charge in [0.2, 0.25) is 5.91 Å². The number of nitrogens with zero attached hydrogens (tertiary/aromatic N) is 1. The molecule has 1 rings (SSSR count). The normalized spacial score (nSPS) is 12.8. The van der Waals surface area contributed by atoms with Gasteiger partial charge in [-0.05, 0) is 55.6 Å². The van der Waals surface area contributed by atoms with Crippen LogP contribution in [0.4, 0.5) is 5.69 Å². The minimum absolute atomic E-state index is 0.0925. The molecular weight excluding hydrogens is 324 g/mol. The summed E-state index contributed by atoms with van der Waals surface area (Å²) < 4.78 is 0. The van der Waals surface area contributed by atoms with Crippen molar-refractivity contribution in [2.24, 2.45) is 16.2 Å². The molecule has 24 heavy (non-hydrogen) atoms. The van der Waals surface area contributed by atoms with E-state index in [-0.39, 0.29) is 18.5 Å². The van der Waals surface area contributed by atoms with Gasteiger partial charge in [0.05, 0.1) is 18.3 Å². The number of anilines is 1. The fourth-order valence-corrected chi connectivity index (χ4v) is 2.34. The van der Waals surface area contributed by atoms with E-state index < -0.39 is 0 Å². The number of hydrogen-bond donors (Lipinski definition) is 5. The lowest BCUT2D eigenvalue weighted by molar-refractivity contribution is -0.123. The zero-order valence-corrected chi connectivity index (χ0v) is 15.1. The molecule has 8 heteroatoms. The fourth-order valence-electron chi connectivity index (χ4n) is 2.05. The Kier molecular flexibility index (Phi) is 9.06. The molecule has 0 saturated carbocycles. The summed E-state index contributed by atoms with van der Waals surface area (Å²) >= 11 is 1.18. The van der Waals surface area contributed by atoms with Crippen molar-refractivity contribution < 1.29 is 4.79 Å². The number of amides is 1. The minimum atomic E-state index is -0.244. The van der Waals surface area contributed by atoms with E-state index in [4.69, 9.17) is 10.7 Å². The Morgan fingerprint density at radius 2 is 2.04 bits per heavy atom. The molecule has 0 saturated heterocycles. The van der Waals surface area contributed by atoms with Crippen LogP contribution in [-0.4, -0.2) is 25.5 Å². The standard InChI is InChI=1S/C16H26N6OS/c1-11(2)8-15(19-3)16(23)21-10-13(22-17)9-20-12-4-6-14(24-18)7-5-12/h4-7,9,11,15,17,19-20H,8,10,18H2,1-3H3,(H,21,23)/b13-9-,22-17?. The second-order valence-electron chi connectivity index (χ2n) is 5.72. The maximum absolute atomic E-state index is 12.1. The molecule has 0 aliphatic rings. The third-order valence-corrected chi connectivity index (χ3v) is 3.90. The second-order valence-corrected chi connectivity index (χ2v) is 6.43. The average molecular weight is 350 g/mol. The fraction of sp³-hybridized carbons (Fsp3) is 0.438. The Bertz CT molecular complexity index is 558. The van der Waals surface area contributed by atoms with Crippen molar-refractivity contribution in [3.05, 3.63) is 36.2 Å². The molecule has 0 heterocycles. The predicted octanol–water partition coefficient (Wildman–Crippen LogP) is 2.69. The van der Waals surface area contributed by atoms with Gasteiger partial charge in [-0.25, -0.2) is 5.53 Å². The summed E-state index contributed by atoms with van der Waals surface area (Å²) in [6.45, 7) is 4.34. The Balaban J connectivity index is 2.56. The third-order valence-electron chi connectivity index (χ3n) is 3.36. The van der Waals surface area contributed by atoms with Gasteiger partial charge in [0.25, 0.3) is 0 Å². The number of hydrogen-bond acceptors (Lipinski definition) is 7. The van der Waals surface area contributed by atoms with Gasteiger partial charge in [-0.2, -0.15) is 5.11 Å². The number of carbonyl (C=O) groups is 1. The van der Waals surface area contributed by atoms with Crippen LogP contribution in [0.2, 0.25) is 0 Å². The Morgan fingerprint density at radius 3 is 2.54 bits per heavy atom. The molecule has 0 aromatic heterocycles. The van der Waals surface area contributed by atoms with E-state index >= 15 is 0 Å². The molecule has 0 radical (unpaired) electrons. The SMILES string of the molecule is CNC(CC(C)C)C(=O)NC/C(=C/Nc1ccc(SN)cc1)N=N. The number of benzene rings is 1. The van der Waals surface area contributed by atoms with Crippen molar-refractivity contribution in [3.63, 3.8) is 0 Å². The monoisotopic (exact) mass is 350 g/mol. The zero-order chi connectivity index (χ0) is 17.9. The first kappa shape index (κ1) is 20.1. The number of rotatable bonds is 10. The highest BCUT2D eigenvalue weighted by Gasteiger charge is 2.17. The maximum atomic E-state index is 12.1. The van der Waals surface area contributed by atoms with Crippen LogP contribution in [0, 0.1) is 11.4 Å². The van der Waals surface area contributed by atoms with Crippen LogP contribution in [-0.2, 0) is 4.79 Å². The lowest BCUT2D eigenvalue weighted by Gasteiger charge is -2.17. The number of nitrogens with one attached hydrogen (secondary N) is 4. The van der Waals surface area contributed by atoms with Gasteiger partial charge in [0, 0.05) is 16.8 Å². The minimum Gasteiger partial charge on any atom is -0.360 e. The molecule has 1 atom stereocenters. The van der Waals surface area contributed by atoms with E-state index in [1.807, 2.05) is 24.3 Å². The summed E-state index contributed by atoms with van der Waals surface area (Å²) in [7, 11) is 1.77. The van der Waals surface area contributed by atoms with Crippen LogP contribution in [0.15, 0.2) is 46.2 Å². The molecule has 1 amide bonds. The van der Waals surface area contributed by atoms with Crippen LogP contribution >= 0.6 is 11.9 Å². The first-order valence-electron chi connectivity index (χ1n) is 7.75. The van der Waals surface area contributed by atoms with Crippen LogP contribution < -0.4 is 21.1 Å². The Morgan fingerprint density at radius 1 is 1.38 bits per heavy atom. The van der Waals surface area contributed by atoms with E-state index in [1.54, 1.807) is 13.2 Å². The Labute approximate surface area is 147 Å². The van der Waals surface area contributed by atoms with E-state index in [9.17, 15) is 4.79 Å². The number of carbonyl (C=O) groups excluding carboxylic acids is 1. The molecule has 0 spiro atoms. The quantitative estimate of drug-likeness (QED) is 0.329. The maximum Gasteiger partial charge on any atom is 0.237 e. The zero-order valence-electron chi connectivity index (χ0n) is 14.3. The van der Waals surface area contributed by atoms with Crippen molar-refractivity contribution in [1.82, 2.24) is 10.6 Å². The van der Waals surface area contributed by atoms with Crippen LogP contribution in [0.1, 0.15) is 20.3 Å². The first-order chi connectivity index (χ1) is 11.5. The van der Waals surface area contributed by atoms with Gasteiger partial charge in [0.15, 0.2) is 0 Å². The third kappa shape index (κ3) is 7.12. The van der Waals surface area contributed by atoms with Gasteiger partial charge in [-0.1, -0.05) is 13.8 Å². The molecular formula is C16H26N6OS. The molecule has 1 unspecified atom stereocenters. The van der Waals surface area contributed by atoms with Crippen molar-refractivity contribution in [1.29, 1.82) is 5.53 Å². The second kappa shape index (κ2) is 10.8. The molecule has 0 aliphatic heterocycles. The first-order valence-corrected chi connectivity index (χ1v) is 8.63. The van der Waals surface area contributed by atoms with Gasteiger partial charge >= 0.3 is 0 Å². The molecule has 0 bridgehead atoms. The van der Waals surface area contributed by atoms with Crippen LogP contribution in [0.25, 0.3) is 0 Å². The number of likely N-dealkylation sites (N-methyl/N-ethyl adjacent to an activating group) is 1. The van der Waals surface area contributed by atoms with Gasteiger partial charge in [0.1, 0.15) is 0 Å².